The van der Waals surface area contributed by atoms with Crippen molar-refractivity contribution >= 4 is 5.78 Å². The summed E-state index contributed by atoms with van der Waals surface area (Å²) in [5.74, 6) is -2.30. The highest BCUT2D eigenvalue weighted by Gasteiger charge is 2.22. The second-order valence-electron chi connectivity index (χ2n) is 3.88. The van der Waals surface area contributed by atoms with Crippen molar-refractivity contribution in [1.82, 2.24) is 0 Å². The predicted octanol–water partition coefficient (Wildman–Crippen LogP) is 2.72. The van der Waals surface area contributed by atoms with Gasteiger partial charge in [0, 0.05) is 0 Å². The van der Waals surface area contributed by atoms with Crippen LogP contribution in [0.5, 0.6) is 0 Å². The Balaban J connectivity index is 2.02. The van der Waals surface area contributed by atoms with E-state index in [1.165, 1.54) is 6.07 Å². The van der Waals surface area contributed by atoms with Gasteiger partial charge in [-0.1, -0.05) is 6.07 Å². The van der Waals surface area contributed by atoms with Crippen molar-refractivity contribution < 1.29 is 18.3 Å². The van der Waals surface area contributed by atoms with Gasteiger partial charge in [-0.15, -0.1) is 0 Å². The van der Waals surface area contributed by atoms with Crippen LogP contribution >= 0.6 is 0 Å². The average molecular weight is 226 g/mol. The zero-order valence-electron chi connectivity index (χ0n) is 8.71. The maximum absolute atomic E-state index is 13.2. The van der Waals surface area contributed by atoms with Gasteiger partial charge in [-0.2, -0.15) is 0 Å². The number of carbonyl (C=O) groups excluding carboxylic acids is 1. The first kappa shape index (κ1) is 11.2. The van der Waals surface area contributed by atoms with Crippen LogP contribution in [0.25, 0.3) is 0 Å². The lowest BCUT2D eigenvalue weighted by Crippen LogP contribution is -2.25. The Morgan fingerprint density at radius 2 is 1.94 bits per heavy atom. The Kier molecular flexibility index (Phi) is 3.29. The van der Waals surface area contributed by atoms with Crippen molar-refractivity contribution in [1.29, 1.82) is 0 Å². The second kappa shape index (κ2) is 4.70. The molecular formula is C12H12F2O2. The highest BCUT2D eigenvalue weighted by atomic mass is 19.1. The Labute approximate surface area is 92.2 Å². The molecule has 2 nitrogen and oxygen atoms in total. The van der Waals surface area contributed by atoms with Gasteiger partial charge in [-0.3, -0.25) is 4.79 Å². The Morgan fingerprint density at radius 1 is 1.31 bits per heavy atom. The first-order chi connectivity index (χ1) is 7.68. The summed E-state index contributed by atoms with van der Waals surface area (Å²) < 4.78 is 31.6. The van der Waals surface area contributed by atoms with Gasteiger partial charge in [-0.05, 0) is 31.4 Å². The smallest absolute Gasteiger partial charge is 0.194 e. The SMILES string of the molecule is O=C(COC1CCC1)c1c(F)cccc1F. The minimum atomic E-state index is -0.831. The number of ketones is 1. The molecule has 1 aliphatic carbocycles. The van der Waals surface area contributed by atoms with Crippen LogP contribution in [0.1, 0.15) is 29.6 Å². The van der Waals surface area contributed by atoms with Gasteiger partial charge in [0.1, 0.15) is 18.2 Å². The zero-order chi connectivity index (χ0) is 11.5. The molecule has 0 bridgehead atoms. The predicted molar refractivity (Wildman–Crippen MR) is 54.3 cm³/mol. The minimum Gasteiger partial charge on any atom is -0.370 e. The third kappa shape index (κ3) is 2.27. The minimum absolute atomic E-state index is 0.0822. The van der Waals surface area contributed by atoms with Gasteiger partial charge in [0.05, 0.1) is 11.7 Å². The van der Waals surface area contributed by atoms with Gasteiger partial charge in [-0.25, -0.2) is 8.78 Å². The molecule has 0 atom stereocenters. The van der Waals surface area contributed by atoms with Crippen LogP contribution in [0, 0.1) is 11.6 Å². The summed E-state index contributed by atoms with van der Waals surface area (Å²) in [6, 6.07) is 3.37. The molecule has 86 valence electrons. The van der Waals surface area contributed by atoms with Gasteiger partial charge >= 0.3 is 0 Å². The van der Waals surface area contributed by atoms with E-state index in [4.69, 9.17) is 4.74 Å². The number of benzene rings is 1. The van der Waals surface area contributed by atoms with Crippen LogP contribution in [-0.4, -0.2) is 18.5 Å². The summed E-state index contributed by atoms with van der Waals surface area (Å²) in [5.41, 5.74) is -0.498. The number of hydrogen-bond donors (Lipinski definition) is 0. The van der Waals surface area contributed by atoms with Crippen molar-refractivity contribution in [3.8, 4) is 0 Å². The maximum Gasteiger partial charge on any atom is 0.194 e. The first-order valence-electron chi connectivity index (χ1n) is 5.27. The molecule has 0 saturated heterocycles. The molecule has 0 radical (unpaired) electrons. The van der Waals surface area contributed by atoms with Crippen LogP contribution in [0.2, 0.25) is 0 Å². The zero-order valence-corrected chi connectivity index (χ0v) is 8.71. The van der Waals surface area contributed by atoms with Crippen LogP contribution in [0.3, 0.4) is 0 Å². The average Bonchev–Trinajstić information content (AvgIpc) is 2.15. The molecule has 0 unspecified atom stereocenters. The van der Waals surface area contributed by atoms with Crippen molar-refractivity contribution in [3.63, 3.8) is 0 Å². The Bertz CT molecular complexity index is 380. The molecule has 0 heterocycles. The van der Waals surface area contributed by atoms with Crippen LogP contribution < -0.4 is 0 Å². The van der Waals surface area contributed by atoms with E-state index >= 15 is 0 Å². The number of Topliss-reactive ketones (excluding diaryl/α,β-unsaturated/α-hetero) is 1. The highest BCUT2D eigenvalue weighted by molar-refractivity contribution is 5.97. The molecule has 4 heteroatoms. The van der Waals surface area contributed by atoms with Crippen LogP contribution in [0.4, 0.5) is 8.78 Å². The molecule has 0 amide bonds. The van der Waals surface area contributed by atoms with Crippen LogP contribution in [0.15, 0.2) is 18.2 Å². The van der Waals surface area contributed by atoms with E-state index in [9.17, 15) is 13.6 Å². The number of halogens is 2. The lowest BCUT2D eigenvalue weighted by atomic mass is 9.96. The van der Waals surface area contributed by atoms with E-state index in [0.717, 1.165) is 31.4 Å². The van der Waals surface area contributed by atoms with Crippen molar-refractivity contribution in [2.45, 2.75) is 25.4 Å². The van der Waals surface area contributed by atoms with Crippen molar-refractivity contribution in [2.24, 2.45) is 0 Å². The van der Waals surface area contributed by atoms with Gasteiger partial charge in [0.25, 0.3) is 0 Å². The van der Waals surface area contributed by atoms with Crippen LogP contribution in [-0.2, 0) is 4.74 Å². The molecular weight excluding hydrogens is 214 g/mol. The number of carbonyl (C=O) groups is 1. The largest absolute Gasteiger partial charge is 0.370 e. The molecule has 0 N–H and O–H groups in total. The van der Waals surface area contributed by atoms with E-state index in [0.29, 0.717) is 0 Å². The number of hydrogen-bond acceptors (Lipinski definition) is 2. The third-order valence-corrected chi connectivity index (χ3v) is 2.74. The molecule has 0 aromatic heterocycles. The fraction of sp³-hybridized carbons (Fsp3) is 0.417. The lowest BCUT2D eigenvalue weighted by molar-refractivity contribution is 0.00699. The van der Waals surface area contributed by atoms with Crippen molar-refractivity contribution in [3.05, 3.63) is 35.4 Å². The number of rotatable bonds is 4. The molecule has 16 heavy (non-hydrogen) atoms. The normalized spacial score (nSPS) is 15.9. The Hall–Kier alpha value is -1.29. The monoisotopic (exact) mass is 226 g/mol. The molecule has 0 spiro atoms. The third-order valence-electron chi connectivity index (χ3n) is 2.74. The number of ether oxygens (including phenoxy) is 1. The summed E-state index contributed by atoms with van der Waals surface area (Å²) in [6.07, 6.45) is 3.02. The summed E-state index contributed by atoms with van der Waals surface area (Å²) in [6.45, 7) is -0.248. The lowest BCUT2D eigenvalue weighted by Gasteiger charge is -2.25. The van der Waals surface area contributed by atoms with E-state index in [2.05, 4.69) is 0 Å². The van der Waals surface area contributed by atoms with E-state index < -0.39 is 23.0 Å². The molecule has 1 aliphatic rings. The maximum atomic E-state index is 13.2. The van der Waals surface area contributed by atoms with E-state index in [1.807, 2.05) is 0 Å². The second-order valence-corrected chi connectivity index (χ2v) is 3.88. The molecule has 1 saturated carbocycles. The molecule has 0 aliphatic heterocycles. The molecule has 1 fully saturated rings. The van der Waals surface area contributed by atoms with E-state index in [-0.39, 0.29) is 12.7 Å². The Morgan fingerprint density at radius 3 is 2.44 bits per heavy atom. The summed E-state index contributed by atoms with van der Waals surface area (Å²) >= 11 is 0. The van der Waals surface area contributed by atoms with Crippen molar-refractivity contribution in [2.75, 3.05) is 6.61 Å². The summed E-state index contributed by atoms with van der Waals surface area (Å²) in [7, 11) is 0. The fourth-order valence-electron chi connectivity index (χ4n) is 1.57. The summed E-state index contributed by atoms with van der Waals surface area (Å²) in [4.78, 5) is 11.5. The van der Waals surface area contributed by atoms with E-state index in [1.54, 1.807) is 0 Å². The summed E-state index contributed by atoms with van der Waals surface area (Å²) in [5, 5.41) is 0. The van der Waals surface area contributed by atoms with Gasteiger partial charge < -0.3 is 4.74 Å². The molecule has 1 aromatic rings. The quantitative estimate of drug-likeness (QED) is 0.738. The standard InChI is InChI=1S/C12H12F2O2/c13-9-5-2-6-10(14)12(9)11(15)7-16-8-3-1-4-8/h2,5-6,8H,1,3-4,7H2. The molecule has 1 aromatic carbocycles. The topological polar surface area (TPSA) is 26.3 Å². The molecule has 2 rings (SSSR count). The highest BCUT2D eigenvalue weighted by Crippen LogP contribution is 2.22. The first-order valence-corrected chi connectivity index (χ1v) is 5.27. The fourth-order valence-corrected chi connectivity index (χ4v) is 1.57. The van der Waals surface area contributed by atoms with Gasteiger partial charge in [0.2, 0.25) is 0 Å². The van der Waals surface area contributed by atoms with Gasteiger partial charge in [0.15, 0.2) is 5.78 Å².